The number of ether oxygens (including phenoxy) is 2. The first-order chi connectivity index (χ1) is 20.5. The van der Waals surface area contributed by atoms with Crippen LogP contribution in [-0.2, 0) is 9.53 Å². The van der Waals surface area contributed by atoms with E-state index in [4.69, 9.17) is 21.1 Å². The van der Waals surface area contributed by atoms with Gasteiger partial charge in [0.1, 0.15) is 17.0 Å². The molecule has 0 aliphatic carbocycles. The average molecular weight is 589 g/mol. The number of aromatic nitrogens is 3. The molecule has 4 aromatic rings. The van der Waals surface area contributed by atoms with Gasteiger partial charge in [-0.1, -0.05) is 48.0 Å². The highest BCUT2D eigenvalue weighted by Crippen LogP contribution is 2.37. The summed E-state index contributed by atoms with van der Waals surface area (Å²) < 4.78 is 27.1. The highest BCUT2D eigenvalue weighted by atomic mass is 35.5. The number of hydrogen-bond acceptors (Lipinski definition) is 8. The molecule has 1 amide bonds. The minimum Gasteiger partial charge on any atom is -0.467 e. The molecule has 216 valence electrons. The lowest BCUT2D eigenvalue weighted by molar-refractivity contribution is -0.126. The number of anilines is 1. The molecule has 5 heterocycles. The van der Waals surface area contributed by atoms with Gasteiger partial charge in [0.25, 0.3) is 0 Å². The molecule has 3 saturated heterocycles. The molecule has 0 N–H and O–H groups in total. The van der Waals surface area contributed by atoms with Gasteiger partial charge in [-0.25, -0.2) is 4.39 Å². The number of amides is 1. The van der Waals surface area contributed by atoms with Gasteiger partial charge in [0.2, 0.25) is 5.91 Å². The predicted molar refractivity (Wildman–Crippen MR) is 159 cm³/mol. The molecular weight excluding hydrogens is 559 g/mol. The summed E-state index contributed by atoms with van der Waals surface area (Å²) in [5.41, 5.74) is 0.862. The lowest BCUT2D eigenvalue weighted by Crippen LogP contribution is -2.63. The molecule has 11 heteroatoms. The first kappa shape index (κ1) is 27.0. The molecule has 2 atom stereocenters. The van der Waals surface area contributed by atoms with Gasteiger partial charge >= 0.3 is 6.01 Å². The van der Waals surface area contributed by atoms with Crippen LogP contribution in [0.1, 0.15) is 6.42 Å². The molecule has 42 heavy (non-hydrogen) atoms. The van der Waals surface area contributed by atoms with Crippen LogP contribution in [0.2, 0.25) is 5.02 Å². The van der Waals surface area contributed by atoms with Gasteiger partial charge < -0.3 is 19.3 Å². The largest absolute Gasteiger partial charge is 0.467 e. The van der Waals surface area contributed by atoms with E-state index < -0.39 is 5.82 Å². The second kappa shape index (κ2) is 11.1. The van der Waals surface area contributed by atoms with E-state index in [1.807, 2.05) is 40.1 Å². The summed E-state index contributed by atoms with van der Waals surface area (Å²) in [5.74, 6) is -0.0496. The van der Waals surface area contributed by atoms with Crippen molar-refractivity contribution in [1.29, 1.82) is 0 Å². The number of piperazine rings is 1. The van der Waals surface area contributed by atoms with Crippen molar-refractivity contribution in [3.8, 4) is 17.3 Å². The first-order valence-corrected chi connectivity index (χ1v) is 14.5. The van der Waals surface area contributed by atoms with Crippen LogP contribution in [0.4, 0.5) is 10.2 Å². The third kappa shape index (κ3) is 4.73. The molecule has 0 saturated carbocycles. The van der Waals surface area contributed by atoms with Crippen molar-refractivity contribution in [2.75, 3.05) is 57.9 Å². The second-order valence-electron chi connectivity index (χ2n) is 10.9. The molecule has 2 bridgehead atoms. The molecule has 7 rings (SSSR count). The Labute approximate surface area is 247 Å². The van der Waals surface area contributed by atoms with Gasteiger partial charge in [-0.2, -0.15) is 9.97 Å². The van der Waals surface area contributed by atoms with Crippen molar-refractivity contribution in [2.24, 2.45) is 0 Å². The molecule has 3 aliphatic heterocycles. The quantitative estimate of drug-likeness (QED) is 0.308. The Kier molecular flexibility index (Phi) is 7.13. The number of carbonyl (C=O) groups is 1. The molecule has 2 aromatic carbocycles. The van der Waals surface area contributed by atoms with E-state index >= 15 is 4.39 Å². The van der Waals surface area contributed by atoms with Crippen molar-refractivity contribution in [3.63, 3.8) is 0 Å². The van der Waals surface area contributed by atoms with Crippen LogP contribution in [-0.4, -0.2) is 95.8 Å². The number of carbonyl (C=O) groups excluding carboxylic acids is 1. The van der Waals surface area contributed by atoms with E-state index in [0.717, 1.165) is 30.5 Å². The Balaban J connectivity index is 1.12. The van der Waals surface area contributed by atoms with Gasteiger partial charge in [0, 0.05) is 73.1 Å². The standard InChI is InChI=1S/C31H30ClFN6O3/c1-41-31-35-29-23(16-34-28(27(29)33)22-7-2-5-19-6-3-8-24(32)26(19)22)30(36-31)38-13-11-37(12-14-38)25(40)9-4-10-39-20-15-21(39)18-42-17-20/h2-9,16,20-21H,10-15,17-18H2,1H3/b9-4+. The first-order valence-electron chi connectivity index (χ1n) is 14.1. The van der Waals surface area contributed by atoms with E-state index in [1.165, 1.54) is 13.5 Å². The van der Waals surface area contributed by atoms with E-state index in [2.05, 4.69) is 19.9 Å². The number of fused-ring (bicyclic) bond motifs is 4. The Morgan fingerprint density at radius 1 is 1.12 bits per heavy atom. The van der Waals surface area contributed by atoms with Gasteiger partial charge in [-0.3, -0.25) is 14.7 Å². The van der Waals surface area contributed by atoms with Gasteiger partial charge in [-0.05, 0) is 17.9 Å². The lowest BCUT2D eigenvalue weighted by Gasteiger charge is -2.52. The maximum atomic E-state index is 16.2. The Morgan fingerprint density at radius 3 is 2.62 bits per heavy atom. The molecule has 0 radical (unpaired) electrons. The summed E-state index contributed by atoms with van der Waals surface area (Å²) in [4.78, 5) is 32.6. The summed E-state index contributed by atoms with van der Waals surface area (Å²) in [6, 6.07) is 12.2. The average Bonchev–Trinajstić information content (AvgIpc) is 3.03. The summed E-state index contributed by atoms with van der Waals surface area (Å²) in [7, 11) is 1.46. The zero-order valence-electron chi connectivity index (χ0n) is 23.2. The monoisotopic (exact) mass is 588 g/mol. The number of morpholine rings is 1. The SMILES string of the molecule is COc1nc(N2CCN(C(=O)/C=C/CN3C4COCC3C4)CC2)c2cnc(-c3cccc4cccc(Cl)c34)c(F)c2n1. The zero-order valence-corrected chi connectivity index (χ0v) is 23.9. The Hall–Kier alpha value is -3.86. The number of halogens is 2. The maximum absolute atomic E-state index is 16.2. The second-order valence-corrected chi connectivity index (χ2v) is 11.3. The highest BCUT2D eigenvalue weighted by molar-refractivity contribution is 6.36. The number of methoxy groups -OCH3 is 1. The minimum atomic E-state index is -0.571. The van der Waals surface area contributed by atoms with Crippen LogP contribution in [0.15, 0.2) is 54.7 Å². The van der Waals surface area contributed by atoms with Gasteiger partial charge in [-0.15, -0.1) is 0 Å². The van der Waals surface area contributed by atoms with Crippen LogP contribution in [0.3, 0.4) is 0 Å². The predicted octanol–water partition coefficient (Wildman–Crippen LogP) is 4.32. The van der Waals surface area contributed by atoms with Crippen molar-refractivity contribution >= 4 is 45.0 Å². The van der Waals surface area contributed by atoms with Crippen LogP contribution < -0.4 is 9.64 Å². The van der Waals surface area contributed by atoms with Crippen molar-refractivity contribution < 1.29 is 18.7 Å². The van der Waals surface area contributed by atoms with E-state index in [1.54, 1.807) is 24.4 Å². The smallest absolute Gasteiger partial charge is 0.318 e. The van der Waals surface area contributed by atoms with Gasteiger partial charge in [0.15, 0.2) is 5.82 Å². The molecule has 2 aromatic heterocycles. The van der Waals surface area contributed by atoms with E-state index in [0.29, 0.717) is 60.1 Å². The number of hydrogen-bond donors (Lipinski definition) is 0. The highest BCUT2D eigenvalue weighted by Gasteiger charge is 2.41. The van der Waals surface area contributed by atoms with E-state index in [9.17, 15) is 4.79 Å². The summed E-state index contributed by atoms with van der Waals surface area (Å²) >= 11 is 6.52. The fourth-order valence-corrected chi connectivity index (χ4v) is 6.55. The van der Waals surface area contributed by atoms with Crippen molar-refractivity contribution in [2.45, 2.75) is 18.5 Å². The van der Waals surface area contributed by atoms with Gasteiger partial charge in [0.05, 0.1) is 25.7 Å². The number of nitrogens with zero attached hydrogens (tertiary/aromatic N) is 6. The van der Waals surface area contributed by atoms with E-state index in [-0.39, 0.29) is 23.1 Å². The van der Waals surface area contributed by atoms with Crippen molar-refractivity contribution in [1.82, 2.24) is 24.8 Å². The fourth-order valence-electron chi connectivity index (χ4n) is 6.26. The van der Waals surface area contributed by atoms with Crippen LogP contribution in [0.25, 0.3) is 32.9 Å². The lowest BCUT2D eigenvalue weighted by atomic mass is 9.91. The molecule has 3 fully saturated rings. The fraction of sp³-hybridized carbons (Fsp3) is 0.355. The molecule has 9 nitrogen and oxygen atoms in total. The molecule has 2 unspecified atom stereocenters. The molecule has 0 spiro atoms. The number of rotatable bonds is 6. The normalized spacial score (nSPS) is 20.8. The number of benzene rings is 2. The Morgan fingerprint density at radius 2 is 1.88 bits per heavy atom. The maximum Gasteiger partial charge on any atom is 0.318 e. The van der Waals surface area contributed by atoms with Crippen LogP contribution >= 0.6 is 11.6 Å². The molecule has 3 aliphatic rings. The van der Waals surface area contributed by atoms with Crippen LogP contribution in [0, 0.1) is 5.82 Å². The zero-order chi connectivity index (χ0) is 28.8. The third-order valence-corrected chi connectivity index (χ3v) is 8.82. The summed E-state index contributed by atoms with van der Waals surface area (Å²) in [5, 5.41) is 2.62. The topological polar surface area (TPSA) is 83.9 Å². The third-order valence-electron chi connectivity index (χ3n) is 8.51. The van der Waals surface area contributed by atoms with Crippen LogP contribution in [0.5, 0.6) is 6.01 Å². The summed E-state index contributed by atoms with van der Waals surface area (Å²) in [6.45, 7) is 4.42. The summed E-state index contributed by atoms with van der Waals surface area (Å²) in [6.07, 6.45) is 6.42. The minimum absolute atomic E-state index is 0.00666. The molecular formula is C31H30ClFN6O3. The Bertz CT molecular complexity index is 1690. The van der Waals surface area contributed by atoms with Crippen molar-refractivity contribution in [3.05, 3.63) is 65.6 Å². The number of pyridine rings is 1.